The summed E-state index contributed by atoms with van der Waals surface area (Å²) in [4.78, 5) is 17.3. The molecule has 188 valence electrons. The predicted octanol–water partition coefficient (Wildman–Crippen LogP) is 3.57. The number of hydrogen-bond acceptors (Lipinski definition) is 7. The van der Waals surface area contributed by atoms with Crippen LogP contribution in [0.25, 0.3) is 11.4 Å². The second-order valence-electron chi connectivity index (χ2n) is 8.65. The third-order valence-corrected chi connectivity index (χ3v) is 5.82. The van der Waals surface area contributed by atoms with Crippen molar-refractivity contribution in [3.05, 3.63) is 23.5 Å². The van der Waals surface area contributed by atoms with Crippen molar-refractivity contribution in [1.82, 2.24) is 24.9 Å². The zero-order valence-corrected chi connectivity index (χ0v) is 19.5. The van der Waals surface area contributed by atoms with Crippen LogP contribution in [0, 0.1) is 12.8 Å². The summed E-state index contributed by atoms with van der Waals surface area (Å²) in [6.07, 6.45) is -2.53. The van der Waals surface area contributed by atoms with E-state index in [1.165, 1.54) is 4.90 Å². The third kappa shape index (κ3) is 7.13. The van der Waals surface area contributed by atoms with Gasteiger partial charge in [-0.2, -0.15) is 13.2 Å². The fraction of sp³-hybridized carbons (Fsp3) is 0.636. The maximum atomic E-state index is 12.4. The highest BCUT2D eigenvalue weighted by atomic mass is 19.4. The van der Waals surface area contributed by atoms with E-state index in [0.717, 1.165) is 12.8 Å². The molecule has 3 rings (SSSR count). The van der Waals surface area contributed by atoms with Gasteiger partial charge in [0.25, 0.3) is 0 Å². The molecule has 0 unspecified atom stereocenters. The van der Waals surface area contributed by atoms with Gasteiger partial charge in [0.15, 0.2) is 0 Å². The van der Waals surface area contributed by atoms with Crippen molar-refractivity contribution < 1.29 is 32.5 Å². The van der Waals surface area contributed by atoms with Crippen molar-refractivity contribution in [2.45, 2.75) is 57.9 Å². The van der Waals surface area contributed by atoms with E-state index in [4.69, 9.17) is 9.47 Å². The zero-order valence-electron chi connectivity index (χ0n) is 19.5. The summed E-state index contributed by atoms with van der Waals surface area (Å²) < 4.78 is 50.3. The van der Waals surface area contributed by atoms with Gasteiger partial charge in [-0.3, -0.25) is 9.69 Å². The molecule has 0 aliphatic heterocycles. The first-order chi connectivity index (χ1) is 16.0. The molecule has 1 saturated carbocycles. The van der Waals surface area contributed by atoms with E-state index in [1.807, 2.05) is 0 Å². The first-order valence-corrected chi connectivity index (χ1v) is 11.1. The van der Waals surface area contributed by atoms with Crippen LogP contribution in [0.5, 0.6) is 5.75 Å². The number of alkyl halides is 3. The summed E-state index contributed by atoms with van der Waals surface area (Å²) in [7, 11) is 3.26. The quantitative estimate of drug-likeness (QED) is 0.510. The molecule has 1 aliphatic rings. The fourth-order valence-electron chi connectivity index (χ4n) is 3.88. The van der Waals surface area contributed by atoms with Crippen LogP contribution in [0.1, 0.15) is 43.5 Å². The van der Waals surface area contributed by atoms with Gasteiger partial charge < -0.3 is 14.6 Å². The molecule has 2 aromatic rings. The molecular weight excluding hydrogens is 455 g/mol. The molecule has 0 spiro atoms. The minimum Gasteiger partial charge on any atom is -0.489 e. The second-order valence-corrected chi connectivity index (χ2v) is 8.65. The summed E-state index contributed by atoms with van der Waals surface area (Å²) in [6.45, 7) is 1.78. The number of aliphatic carboxylic acids is 1. The monoisotopic (exact) mass is 485 g/mol. The van der Waals surface area contributed by atoms with E-state index < -0.39 is 18.6 Å². The Hall–Kier alpha value is -2.73. The van der Waals surface area contributed by atoms with Crippen molar-refractivity contribution in [3.8, 4) is 17.1 Å². The summed E-state index contributed by atoms with van der Waals surface area (Å²) in [6, 6.07) is 3.54. The van der Waals surface area contributed by atoms with Crippen molar-refractivity contribution in [1.29, 1.82) is 0 Å². The number of aryl methyl sites for hydroxylation is 2. The smallest absolute Gasteiger partial charge is 0.390 e. The van der Waals surface area contributed by atoms with Gasteiger partial charge in [0.1, 0.15) is 11.4 Å². The van der Waals surface area contributed by atoms with Crippen LogP contribution >= 0.6 is 0 Å². The summed E-state index contributed by atoms with van der Waals surface area (Å²) >= 11 is 0. The lowest BCUT2D eigenvalue weighted by molar-refractivity contribution is -0.144. The molecule has 1 fully saturated rings. The lowest BCUT2D eigenvalue weighted by Crippen LogP contribution is -2.29. The van der Waals surface area contributed by atoms with Crippen molar-refractivity contribution in [2.75, 3.05) is 20.3 Å². The minimum atomic E-state index is -4.21. The van der Waals surface area contributed by atoms with Crippen molar-refractivity contribution in [3.63, 3.8) is 0 Å². The van der Waals surface area contributed by atoms with Crippen LogP contribution in [0.4, 0.5) is 13.2 Å². The number of carboxylic acids is 1. The van der Waals surface area contributed by atoms with E-state index in [9.17, 15) is 23.1 Å². The van der Waals surface area contributed by atoms with Gasteiger partial charge in [0, 0.05) is 13.6 Å². The molecule has 0 aromatic carbocycles. The molecule has 0 bridgehead atoms. The maximum absolute atomic E-state index is 12.4. The number of carboxylic acid groups (broad SMARTS) is 1. The number of pyridine rings is 1. The Morgan fingerprint density at radius 3 is 2.76 bits per heavy atom. The lowest BCUT2D eigenvalue weighted by Gasteiger charge is -2.27. The van der Waals surface area contributed by atoms with Crippen molar-refractivity contribution >= 4 is 5.97 Å². The molecule has 1 N–H and O–H groups in total. The zero-order chi connectivity index (χ0) is 24.9. The number of ether oxygens (including phenoxy) is 2. The number of aromatic nitrogens is 4. The average Bonchev–Trinajstić information content (AvgIpc) is 3.14. The normalized spacial score (nSPS) is 18.9. The fourth-order valence-corrected chi connectivity index (χ4v) is 3.88. The number of nitrogens with zero attached hydrogens (tertiary/aromatic N) is 5. The molecule has 0 amide bonds. The minimum absolute atomic E-state index is 0.0264. The highest BCUT2D eigenvalue weighted by Gasteiger charge is 2.29. The standard InChI is InChI=1S/C22H30F3N5O4/c1-14-19(34-16-6-4-5-15(11-16)21(31)32)8-7-17(26-14)20-18(30(3)28-27-20)12-33-13-29(2)10-9-22(23,24)25/h7-8,15-16H,4-6,9-13H2,1-3H3,(H,31,32)/t15-,16-/m0/s1. The van der Waals surface area contributed by atoms with Crippen LogP contribution in [0.2, 0.25) is 0 Å². The highest BCUT2D eigenvalue weighted by Crippen LogP contribution is 2.30. The van der Waals surface area contributed by atoms with Crippen LogP contribution in [0.3, 0.4) is 0 Å². The van der Waals surface area contributed by atoms with Crippen molar-refractivity contribution in [2.24, 2.45) is 13.0 Å². The Morgan fingerprint density at radius 1 is 1.32 bits per heavy atom. The van der Waals surface area contributed by atoms with Gasteiger partial charge in [-0.1, -0.05) is 5.21 Å². The SMILES string of the molecule is Cc1nc(-c2nnn(C)c2COCN(C)CCC(F)(F)F)ccc1O[C@H]1CCC[C@H](C(=O)O)C1. The first-order valence-electron chi connectivity index (χ1n) is 11.1. The average molecular weight is 486 g/mol. The van der Waals surface area contributed by atoms with Crippen LogP contribution < -0.4 is 4.74 Å². The molecule has 2 heterocycles. The van der Waals surface area contributed by atoms with Gasteiger partial charge in [-0.15, -0.1) is 5.10 Å². The Bertz CT molecular complexity index is 982. The summed E-state index contributed by atoms with van der Waals surface area (Å²) in [5.41, 5.74) is 2.36. The Balaban J connectivity index is 1.62. The first kappa shape index (κ1) is 25.9. The van der Waals surface area contributed by atoms with E-state index in [2.05, 4.69) is 15.3 Å². The Morgan fingerprint density at radius 2 is 2.09 bits per heavy atom. The molecule has 9 nitrogen and oxygen atoms in total. The largest absolute Gasteiger partial charge is 0.489 e. The molecule has 1 aliphatic carbocycles. The van der Waals surface area contributed by atoms with Gasteiger partial charge >= 0.3 is 12.1 Å². The molecule has 2 aromatic heterocycles. The predicted molar refractivity (Wildman–Crippen MR) is 116 cm³/mol. The van der Waals surface area contributed by atoms with Crippen LogP contribution in [-0.4, -0.2) is 68.6 Å². The third-order valence-electron chi connectivity index (χ3n) is 5.82. The Kier molecular flexibility index (Phi) is 8.47. The molecule has 34 heavy (non-hydrogen) atoms. The topological polar surface area (TPSA) is 103 Å². The van der Waals surface area contributed by atoms with Crippen LogP contribution in [0.15, 0.2) is 12.1 Å². The summed E-state index contributed by atoms with van der Waals surface area (Å²) in [5, 5.41) is 17.5. The van der Waals surface area contributed by atoms with E-state index in [0.29, 0.717) is 41.4 Å². The molecule has 0 saturated heterocycles. The maximum Gasteiger partial charge on any atom is 0.390 e. The highest BCUT2D eigenvalue weighted by molar-refractivity contribution is 5.70. The summed E-state index contributed by atoms with van der Waals surface area (Å²) in [5.74, 6) is -0.587. The molecule has 0 radical (unpaired) electrons. The van der Waals surface area contributed by atoms with E-state index >= 15 is 0 Å². The molecule has 2 atom stereocenters. The number of halogens is 3. The number of rotatable bonds is 10. The van der Waals surface area contributed by atoms with Gasteiger partial charge in [0.05, 0.1) is 48.9 Å². The number of hydrogen-bond donors (Lipinski definition) is 1. The van der Waals surface area contributed by atoms with E-state index in [-0.39, 0.29) is 31.9 Å². The molecular formula is C22H30F3N5O4. The second kappa shape index (κ2) is 11.1. The van der Waals surface area contributed by atoms with E-state index in [1.54, 1.807) is 37.8 Å². The number of carbonyl (C=O) groups is 1. The van der Waals surface area contributed by atoms with Gasteiger partial charge in [-0.25, -0.2) is 9.67 Å². The van der Waals surface area contributed by atoms with Gasteiger partial charge in [0.2, 0.25) is 0 Å². The van der Waals surface area contributed by atoms with Gasteiger partial charge in [-0.05, 0) is 51.8 Å². The van der Waals surface area contributed by atoms with Crippen LogP contribution in [-0.2, 0) is 23.2 Å². The Labute approximate surface area is 195 Å². The lowest BCUT2D eigenvalue weighted by atomic mass is 9.87. The molecule has 12 heteroatoms.